The van der Waals surface area contributed by atoms with Crippen LogP contribution in [0, 0.1) is 0 Å². The Hall–Kier alpha value is -2.31. The van der Waals surface area contributed by atoms with Gasteiger partial charge in [-0.15, -0.1) is 0 Å². The summed E-state index contributed by atoms with van der Waals surface area (Å²) in [6.07, 6.45) is 1.73. The molecule has 0 unspecified atom stereocenters. The molecule has 0 bridgehead atoms. The Labute approximate surface area is 115 Å². The summed E-state index contributed by atoms with van der Waals surface area (Å²) in [6.45, 7) is 1.19. The maximum Gasteiger partial charge on any atom is 0.253 e. The van der Waals surface area contributed by atoms with Gasteiger partial charge in [-0.05, 0) is 11.5 Å². The summed E-state index contributed by atoms with van der Waals surface area (Å²) in [5.74, 6) is 0.885. The average Bonchev–Trinajstić information content (AvgIpc) is 2.96. The van der Waals surface area contributed by atoms with Gasteiger partial charge in [-0.3, -0.25) is 4.98 Å². The number of fused-ring (bicyclic) bond motifs is 1. The van der Waals surface area contributed by atoms with Gasteiger partial charge in [0.1, 0.15) is 12.3 Å². The van der Waals surface area contributed by atoms with Crippen molar-refractivity contribution in [2.75, 3.05) is 13.2 Å². The Morgan fingerprint density at radius 1 is 1.20 bits per heavy atom. The van der Waals surface area contributed by atoms with Gasteiger partial charge in [0.2, 0.25) is 5.82 Å². The lowest BCUT2D eigenvalue weighted by molar-refractivity contribution is 0.104. The third-order valence-corrected chi connectivity index (χ3v) is 2.84. The number of benzene rings is 1. The predicted molar refractivity (Wildman–Crippen MR) is 73.7 cm³/mol. The molecule has 6 heteroatoms. The molecule has 0 saturated heterocycles. The normalized spacial score (nSPS) is 11.1. The molecule has 0 aliphatic rings. The largest absolute Gasteiger partial charge is 0.370 e. The van der Waals surface area contributed by atoms with Gasteiger partial charge in [0.15, 0.2) is 0 Å². The molecular weight excluding hydrogens is 256 g/mol. The van der Waals surface area contributed by atoms with Crippen LogP contribution in [0.4, 0.5) is 0 Å². The monoisotopic (exact) mass is 270 g/mol. The van der Waals surface area contributed by atoms with Crippen LogP contribution in [-0.2, 0) is 11.3 Å². The van der Waals surface area contributed by atoms with Crippen LogP contribution in [0.2, 0.25) is 0 Å². The van der Waals surface area contributed by atoms with Crippen LogP contribution >= 0.6 is 0 Å². The minimum Gasteiger partial charge on any atom is -0.370 e. The molecule has 3 rings (SSSR count). The second-order valence-electron chi connectivity index (χ2n) is 4.23. The van der Waals surface area contributed by atoms with Crippen LogP contribution in [0.1, 0.15) is 5.89 Å². The van der Waals surface area contributed by atoms with Gasteiger partial charge in [-0.25, -0.2) is 0 Å². The molecule has 2 heterocycles. The van der Waals surface area contributed by atoms with E-state index in [-0.39, 0.29) is 6.61 Å². The van der Waals surface area contributed by atoms with Crippen molar-refractivity contribution in [2.24, 2.45) is 5.73 Å². The maximum atomic E-state index is 5.35. The fourth-order valence-electron chi connectivity index (χ4n) is 1.95. The molecule has 20 heavy (non-hydrogen) atoms. The van der Waals surface area contributed by atoms with Crippen LogP contribution < -0.4 is 5.73 Å². The number of rotatable bonds is 5. The lowest BCUT2D eigenvalue weighted by atomic mass is 10.1. The number of nitrogens with zero attached hydrogens (tertiary/aromatic N) is 3. The molecule has 0 aliphatic carbocycles. The number of aromatic nitrogens is 3. The number of nitrogens with two attached hydrogens (primary N) is 1. The topological polar surface area (TPSA) is 87.1 Å². The Morgan fingerprint density at radius 2 is 2.10 bits per heavy atom. The molecule has 0 atom stereocenters. The van der Waals surface area contributed by atoms with E-state index in [9.17, 15) is 0 Å². The third-order valence-electron chi connectivity index (χ3n) is 2.84. The summed E-state index contributed by atoms with van der Waals surface area (Å²) in [5.41, 5.74) is 6.06. The van der Waals surface area contributed by atoms with Crippen LogP contribution in [-0.4, -0.2) is 28.3 Å². The predicted octanol–water partition coefficient (Wildman–Crippen LogP) is 1.76. The van der Waals surface area contributed by atoms with Crippen LogP contribution in [0.15, 0.2) is 41.1 Å². The van der Waals surface area contributed by atoms with Crippen molar-refractivity contribution in [3.05, 3.63) is 42.4 Å². The summed E-state index contributed by atoms with van der Waals surface area (Å²) in [7, 11) is 0. The van der Waals surface area contributed by atoms with Crippen molar-refractivity contribution >= 4 is 10.8 Å². The van der Waals surface area contributed by atoms with Crippen molar-refractivity contribution in [1.82, 2.24) is 15.1 Å². The molecule has 2 aromatic heterocycles. The maximum absolute atomic E-state index is 5.35. The zero-order valence-electron chi connectivity index (χ0n) is 10.8. The lowest BCUT2D eigenvalue weighted by Crippen LogP contribution is -2.08. The third kappa shape index (κ3) is 2.52. The van der Waals surface area contributed by atoms with Gasteiger partial charge in [-0.2, -0.15) is 4.98 Å². The van der Waals surface area contributed by atoms with Gasteiger partial charge in [-0.1, -0.05) is 29.4 Å². The van der Waals surface area contributed by atoms with Crippen molar-refractivity contribution in [3.8, 4) is 11.5 Å². The van der Waals surface area contributed by atoms with Gasteiger partial charge < -0.3 is 15.0 Å². The molecule has 0 spiro atoms. The molecular formula is C14H14N4O2. The van der Waals surface area contributed by atoms with Gasteiger partial charge in [0.25, 0.3) is 5.89 Å². The zero-order valence-corrected chi connectivity index (χ0v) is 10.8. The molecule has 0 saturated carbocycles. The van der Waals surface area contributed by atoms with Crippen LogP contribution in [0.25, 0.3) is 22.3 Å². The first-order valence-electron chi connectivity index (χ1n) is 6.33. The van der Waals surface area contributed by atoms with Gasteiger partial charge in [0, 0.05) is 18.1 Å². The molecule has 1 aromatic carbocycles. The number of pyridine rings is 1. The summed E-state index contributed by atoms with van der Waals surface area (Å²) >= 11 is 0. The standard InChI is InChI=1S/C14H14N4O2/c15-6-8-19-9-12-17-14(18-20-12)13-11-4-2-1-3-10(11)5-7-16-13/h1-5,7H,6,8-9,15H2. The van der Waals surface area contributed by atoms with Crippen molar-refractivity contribution in [2.45, 2.75) is 6.61 Å². The van der Waals surface area contributed by atoms with E-state index in [4.69, 9.17) is 15.0 Å². The molecule has 6 nitrogen and oxygen atoms in total. The SMILES string of the molecule is NCCOCc1nc(-c2nccc3ccccc23)no1. The molecule has 0 aliphatic heterocycles. The Kier molecular flexibility index (Phi) is 3.67. The number of hydrogen-bond acceptors (Lipinski definition) is 6. The minimum absolute atomic E-state index is 0.259. The highest BCUT2D eigenvalue weighted by Gasteiger charge is 2.12. The van der Waals surface area contributed by atoms with Crippen molar-refractivity contribution < 1.29 is 9.26 Å². The average molecular weight is 270 g/mol. The Morgan fingerprint density at radius 3 is 3.00 bits per heavy atom. The van der Waals surface area contributed by atoms with E-state index in [2.05, 4.69) is 15.1 Å². The van der Waals surface area contributed by atoms with Gasteiger partial charge in [0.05, 0.1) is 6.61 Å². The van der Waals surface area contributed by atoms with E-state index < -0.39 is 0 Å². The number of hydrogen-bond donors (Lipinski definition) is 1. The fourth-order valence-corrected chi connectivity index (χ4v) is 1.95. The number of ether oxygens (including phenoxy) is 1. The quantitative estimate of drug-likeness (QED) is 0.711. The van der Waals surface area contributed by atoms with Crippen molar-refractivity contribution in [3.63, 3.8) is 0 Å². The highest BCUT2D eigenvalue weighted by molar-refractivity contribution is 5.92. The molecule has 0 amide bonds. The van der Waals surface area contributed by atoms with E-state index >= 15 is 0 Å². The Balaban J connectivity index is 1.91. The minimum atomic E-state index is 0.259. The first-order valence-corrected chi connectivity index (χ1v) is 6.33. The second-order valence-corrected chi connectivity index (χ2v) is 4.23. The first-order chi connectivity index (χ1) is 9.88. The van der Waals surface area contributed by atoms with Crippen LogP contribution in [0.5, 0.6) is 0 Å². The summed E-state index contributed by atoms with van der Waals surface area (Å²) in [6, 6.07) is 9.89. The second kappa shape index (κ2) is 5.77. The van der Waals surface area contributed by atoms with E-state index in [1.165, 1.54) is 0 Å². The van der Waals surface area contributed by atoms with E-state index in [1.54, 1.807) is 6.20 Å². The Bertz CT molecular complexity index is 706. The highest BCUT2D eigenvalue weighted by atomic mass is 16.5. The molecule has 102 valence electrons. The molecule has 2 N–H and O–H groups in total. The van der Waals surface area contributed by atoms with E-state index in [1.807, 2.05) is 30.3 Å². The van der Waals surface area contributed by atoms with E-state index in [0.717, 1.165) is 10.8 Å². The summed E-state index contributed by atoms with van der Waals surface area (Å²) in [4.78, 5) is 8.64. The first kappa shape index (κ1) is 12.7. The lowest BCUT2D eigenvalue weighted by Gasteiger charge is -2.00. The highest BCUT2D eigenvalue weighted by Crippen LogP contribution is 2.23. The smallest absolute Gasteiger partial charge is 0.253 e. The summed E-state index contributed by atoms with van der Waals surface area (Å²) in [5, 5.41) is 6.03. The molecule has 3 aromatic rings. The zero-order chi connectivity index (χ0) is 13.8. The summed E-state index contributed by atoms with van der Waals surface area (Å²) < 4.78 is 10.4. The van der Waals surface area contributed by atoms with Gasteiger partial charge >= 0.3 is 0 Å². The van der Waals surface area contributed by atoms with E-state index in [0.29, 0.717) is 30.6 Å². The fraction of sp³-hybridized carbons (Fsp3) is 0.214. The molecule has 0 radical (unpaired) electrons. The van der Waals surface area contributed by atoms with Crippen molar-refractivity contribution in [1.29, 1.82) is 0 Å². The molecule has 0 fully saturated rings. The van der Waals surface area contributed by atoms with Crippen LogP contribution in [0.3, 0.4) is 0 Å².